The van der Waals surface area contributed by atoms with E-state index >= 15 is 0 Å². The van der Waals surface area contributed by atoms with Gasteiger partial charge in [0.05, 0.1) is 7.11 Å². The van der Waals surface area contributed by atoms with E-state index in [0.29, 0.717) is 23.0 Å². The smallest absolute Gasteiger partial charge is 0.421 e. The summed E-state index contributed by atoms with van der Waals surface area (Å²) >= 11 is 0. The lowest BCUT2D eigenvalue weighted by Crippen LogP contribution is -2.13. The van der Waals surface area contributed by atoms with Crippen molar-refractivity contribution in [1.29, 1.82) is 0 Å². The summed E-state index contributed by atoms with van der Waals surface area (Å²) in [6, 6.07) is 14.5. The van der Waals surface area contributed by atoms with Crippen LogP contribution in [-0.2, 0) is 6.18 Å². The minimum absolute atomic E-state index is 0.0640. The van der Waals surface area contributed by atoms with Crippen molar-refractivity contribution in [3.05, 3.63) is 65.9 Å². The first-order chi connectivity index (χ1) is 15.4. The first-order valence-electron chi connectivity index (χ1n) is 10.6. The van der Waals surface area contributed by atoms with E-state index in [9.17, 15) is 13.2 Å². The Balaban J connectivity index is 1.60. The Kier molecular flexibility index (Phi) is 6.48. The van der Waals surface area contributed by atoms with Crippen molar-refractivity contribution < 1.29 is 17.9 Å². The fourth-order valence-corrected chi connectivity index (χ4v) is 3.99. The molecule has 0 amide bonds. The van der Waals surface area contributed by atoms with E-state index in [1.165, 1.54) is 19.3 Å². The van der Waals surface area contributed by atoms with Gasteiger partial charge in [0.15, 0.2) is 0 Å². The van der Waals surface area contributed by atoms with Crippen molar-refractivity contribution >= 4 is 23.1 Å². The van der Waals surface area contributed by atoms with Gasteiger partial charge in [-0.15, -0.1) is 0 Å². The first-order valence-corrected chi connectivity index (χ1v) is 10.6. The number of aromatic nitrogens is 2. The molecule has 0 radical (unpaired) electrons. The molecule has 0 aliphatic heterocycles. The van der Waals surface area contributed by atoms with Gasteiger partial charge in [0.1, 0.15) is 17.1 Å². The zero-order chi connectivity index (χ0) is 22.6. The molecule has 1 aliphatic rings. The van der Waals surface area contributed by atoms with Crippen molar-refractivity contribution in [2.75, 3.05) is 17.7 Å². The number of benzene rings is 2. The Morgan fingerprint density at radius 2 is 1.69 bits per heavy atom. The molecule has 0 unspecified atom stereocenters. The minimum Gasteiger partial charge on any atom is -0.497 e. The minimum atomic E-state index is -4.58. The molecule has 0 bridgehead atoms. The summed E-state index contributed by atoms with van der Waals surface area (Å²) in [7, 11) is 1.56. The molecule has 168 valence electrons. The molecule has 3 aromatic rings. The normalized spacial score (nSPS) is 14.8. The van der Waals surface area contributed by atoms with Crippen LogP contribution in [0.5, 0.6) is 5.75 Å². The maximum Gasteiger partial charge on any atom is 0.421 e. The van der Waals surface area contributed by atoms with Gasteiger partial charge in [-0.3, -0.25) is 0 Å². The maximum atomic E-state index is 13.6. The van der Waals surface area contributed by atoms with Crippen LogP contribution in [0, 0.1) is 0 Å². The SMILES string of the molecule is COc1ccc(Nc2ncc(C(F)(F)F)c(Nc3cccc(C4CCCCC4)c3)n2)cc1. The number of rotatable bonds is 6. The van der Waals surface area contributed by atoms with Crippen LogP contribution >= 0.6 is 0 Å². The molecule has 0 spiro atoms. The lowest BCUT2D eigenvalue weighted by molar-refractivity contribution is -0.137. The van der Waals surface area contributed by atoms with Crippen molar-refractivity contribution in [2.24, 2.45) is 0 Å². The molecule has 2 aromatic carbocycles. The van der Waals surface area contributed by atoms with Gasteiger partial charge in [-0.1, -0.05) is 31.4 Å². The van der Waals surface area contributed by atoms with E-state index in [4.69, 9.17) is 4.74 Å². The molecule has 4 rings (SSSR count). The highest BCUT2D eigenvalue weighted by Crippen LogP contribution is 2.37. The largest absolute Gasteiger partial charge is 0.497 e. The van der Waals surface area contributed by atoms with Crippen LogP contribution in [-0.4, -0.2) is 17.1 Å². The number of hydrogen-bond acceptors (Lipinski definition) is 5. The lowest BCUT2D eigenvalue weighted by Gasteiger charge is -2.22. The molecular weight excluding hydrogens is 417 g/mol. The van der Waals surface area contributed by atoms with Crippen LogP contribution in [0.15, 0.2) is 54.7 Å². The molecular formula is C24H25F3N4O. The molecule has 0 atom stereocenters. The average Bonchev–Trinajstić information content (AvgIpc) is 2.80. The third-order valence-corrected chi connectivity index (χ3v) is 5.67. The molecule has 0 saturated heterocycles. The summed E-state index contributed by atoms with van der Waals surface area (Å²) in [5.41, 5.74) is 1.44. The van der Waals surface area contributed by atoms with Crippen molar-refractivity contribution in [3.63, 3.8) is 0 Å². The van der Waals surface area contributed by atoms with Gasteiger partial charge in [0.25, 0.3) is 0 Å². The van der Waals surface area contributed by atoms with E-state index in [0.717, 1.165) is 24.6 Å². The highest BCUT2D eigenvalue weighted by Gasteiger charge is 2.35. The Hall–Kier alpha value is -3.29. The Bertz CT molecular complexity index is 1050. The second-order valence-corrected chi connectivity index (χ2v) is 7.89. The van der Waals surface area contributed by atoms with Gasteiger partial charge in [0, 0.05) is 17.6 Å². The van der Waals surface area contributed by atoms with E-state index in [-0.39, 0.29) is 11.8 Å². The van der Waals surface area contributed by atoms with Gasteiger partial charge in [-0.2, -0.15) is 18.2 Å². The van der Waals surface area contributed by atoms with Gasteiger partial charge in [0.2, 0.25) is 5.95 Å². The van der Waals surface area contributed by atoms with Crippen LogP contribution in [0.1, 0.15) is 49.1 Å². The standard InChI is InChI=1S/C24H25F3N4O/c1-32-20-12-10-18(11-13-20)30-23-28-15-21(24(25,26)27)22(31-23)29-19-9-5-8-17(14-19)16-6-3-2-4-7-16/h5,8-16H,2-4,6-7H2,1H3,(H2,28,29,30,31). The molecule has 2 N–H and O–H groups in total. The highest BCUT2D eigenvalue weighted by atomic mass is 19.4. The zero-order valence-electron chi connectivity index (χ0n) is 17.7. The summed E-state index contributed by atoms with van der Waals surface area (Å²) < 4.78 is 45.9. The molecule has 1 aliphatic carbocycles. The second kappa shape index (κ2) is 9.46. The molecule has 8 heteroatoms. The van der Waals surface area contributed by atoms with Crippen LogP contribution in [0.2, 0.25) is 0 Å². The maximum absolute atomic E-state index is 13.6. The van der Waals surface area contributed by atoms with Gasteiger partial charge in [-0.25, -0.2) is 4.98 Å². The fourth-order valence-electron chi connectivity index (χ4n) is 3.99. The number of methoxy groups -OCH3 is 1. The fraction of sp³-hybridized carbons (Fsp3) is 0.333. The number of nitrogens with one attached hydrogen (secondary N) is 2. The molecule has 1 fully saturated rings. The molecule has 5 nitrogen and oxygen atoms in total. The third-order valence-electron chi connectivity index (χ3n) is 5.67. The quantitative estimate of drug-likeness (QED) is 0.429. The highest BCUT2D eigenvalue weighted by molar-refractivity contribution is 5.63. The average molecular weight is 442 g/mol. The van der Waals surface area contributed by atoms with Crippen LogP contribution in [0.4, 0.5) is 36.3 Å². The summed E-state index contributed by atoms with van der Waals surface area (Å²) in [4.78, 5) is 7.99. The molecule has 1 heterocycles. The predicted octanol–water partition coefficient (Wildman–Crippen LogP) is 7.04. The number of anilines is 4. The van der Waals surface area contributed by atoms with Crippen LogP contribution in [0.25, 0.3) is 0 Å². The number of alkyl halides is 3. The first kappa shape index (κ1) is 21.9. The summed E-state index contributed by atoms with van der Waals surface area (Å²) in [5, 5.41) is 5.81. The third kappa shape index (κ3) is 5.30. The lowest BCUT2D eigenvalue weighted by atomic mass is 9.84. The monoisotopic (exact) mass is 442 g/mol. The van der Waals surface area contributed by atoms with E-state index < -0.39 is 11.7 Å². The Labute approximate surface area is 185 Å². The van der Waals surface area contributed by atoms with Gasteiger partial charge >= 0.3 is 6.18 Å². The van der Waals surface area contributed by atoms with Crippen LogP contribution < -0.4 is 15.4 Å². The van der Waals surface area contributed by atoms with Crippen molar-refractivity contribution in [3.8, 4) is 5.75 Å². The number of hydrogen-bond donors (Lipinski definition) is 2. The van der Waals surface area contributed by atoms with E-state index in [1.54, 1.807) is 37.4 Å². The molecule has 1 saturated carbocycles. The van der Waals surface area contributed by atoms with E-state index in [1.807, 2.05) is 18.2 Å². The van der Waals surface area contributed by atoms with Crippen LogP contribution in [0.3, 0.4) is 0 Å². The molecule has 32 heavy (non-hydrogen) atoms. The van der Waals surface area contributed by atoms with Crippen molar-refractivity contribution in [2.45, 2.75) is 44.2 Å². The zero-order valence-corrected chi connectivity index (χ0v) is 17.7. The predicted molar refractivity (Wildman–Crippen MR) is 119 cm³/mol. The van der Waals surface area contributed by atoms with Crippen molar-refractivity contribution in [1.82, 2.24) is 9.97 Å². The Morgan fingerprint density at radius 1 is 0.938 bits per heavy atom. The molecule has 1 aromatic heterocycles. The second-order valence-electron chi connectivity index (χ2n) is 7.89. The van der Waals surface area contributed by atoms with Gasteiger partial charge < -0.3 is 15.4 Å². The number of halogens is 3. The van der Waals surface area contributed by atoms with E-state index in [2.05, 4.69) is 20.6 Å². The number of nitrogens with zero attached hydrogens (tertiary/aromatic N) is 2. The summed E-state index contributed by atoms with van der Waals surface area (Å²) in [6.45, 7) is 0. The van der Waals surface area contributed by atoms with Gasteiger partial charge in [-0.05, 0) is 60.7 Å². The number of ether oxygens (including phenoxy) is 1. The summed E-state index contributed by atoms with van der Waals surface area (Å²) in [6.07, 6.45) is 2.06. The Morgan fingerprint density at radius 3 is 2.38 bits per heavy atom. The topological polar surface area (TPSA) is 59.1 Å². The summed E-state index contributed by atoms with van der Waals surface area (Å²) in [5.74, 6) is 0.896.